The van der Waals surface area contributed by atoms with Gasteiger partial charge in [0, 0.05) is 4.47 Å². The summed E-state index contributed by atoms with van der Waals surface area (Å²) in [7, 11) is 0. The van der Waals surface area contributed by atoms with Gasteiger partial charge in [-0.05, 0) is 30.4 Å². The summed E-state index contributed by atoms with van der Waals surface area (Å²) in [5, 5.41) is 11.2. The average Bonchev–Trinajstić information content (AvgIpc) is 2.75. The molecule has 1 aromatic heterocycles. The second kappa shape index (κ2) is 5.44. The van der Waals surface area contributed by atoms with E-state index >= 15 is 0 Å². The molecule has 0 spiro atoms. The molecule has 0 saturated carbocycles. The van der Waals surface area contributed by atoms with Crippen molar-refractivity contribution in [2.75, 3.05) is 10.7 Å². The van der Waals surface area contributed by atoms with Gasteiger partial charge in [0.2, 0.25) is 0 Å². The topological polar surface area (TPSA) is 54.8 Å². The van der Waals surface area contributed by atoms with Gasteiger partial charge in [-0.2, -0.15) is 0 Å². The molecular weight excluding hydrogens is 326 g/mol. The van der Waals surface area contributed by atoms with Crippen molar-refractivity contribution in [2.24, 2.45) is 0 Å². The highest BCUT2D eigenvalue weighted by atomic mass is 79.9. The van der Waals surface area contributed by atoms with E-state index in [0.29, 0.717) is 10.1 Å². The minimum atomic E-state index is 0.397. The van der Waals surface area contributed by atoms with Crippen LogP contribution in [0.2, 0.25) is 5.02 Å². The predicted octanol–water partition coefficient (Wildman–Crippen LogP) is 2.63. The molecule has 2 rings (SSSR count). The van der Waals surface area contributed by atoms with E-state index in [4.69, 9.17) is 23.8 Å². The maximum Gasteiger partial charge on any atom is 0.190 e. The number of hydrogen-bond acceptors (Lipinski definition) is 3. The van der Waals surface area contributed by atoms with E-state index in [1.807, 2.05) is 12.1 Å². The van der Waals surface area contributed by atoms with Gasteiger partial charge in [-0.3, -0.25) is 5.43 Å². The third-order valence-corrected chi connectivity index (χ3v) is 2.83. The maximum atomic E-state index is 6.04. The number of nitrogens with one attached hydrogen (secondary N) is 2. The van der Waals surface area contributed by atoms with Crippen molar-refractivity contribution in [1.29, 1.82) is 0 Å². The van der Waals surface area contributed by atoms with Crippen molar-refractivity contribution >= 4 is 50.5 Å². The summed E-state index contributed by atoms with van der Waals surface area (Å²) in [6, 6.07) is 5.48. The molecule has 0 fully saturated rings. The van der Waals surface area contributed by atoms with Crippen LogP contribution in [0.15, 0.2) is 35.3 Å². The first-order chi connectivity index (χ1) is 8.15. The van der Waals surface area contributed by atoms with Gasteiger partial charge < -0.3 is 5.32 Å². The summed E-state index contributed by atoms with van der Waals surface area (Å²) in [6.07, 6.45) is 2.99. The summed E-state index contributed by atoms with van der Waals surface area (Å²) in [5.41, 5.74) is 3.58. The van der Waals surface area contributed by atoms with Crippen molar-refractivity contribution in [3.8, 4) is 0 Å². The molecule has 0 aliphatic heterocycles. The summed E-state index contributed by atoms with van der Waals surface area (Å²) in [6.45, 7) is 0. The Labute approximate surface area is 116 Å². The molecule has 2 aromatic rings. The Morgan fingerprint density at radius 3 is 2.71 bits per heavy atom. The third kappa shape index (κ3) is 3.39. The third-order valence-electron chi connectivity index (χ3n) is 1.83. The Balaban J connectivity index is 2.03. The van der Waals surface area contributed by atoms with Crippen LogP contribution in [0.4, 0.5) is 5.69 Å². The van der Waals surface area contributed by atoms with Gasteiger partial charge in [0.25, 0.3) is 0 Å². The Hall–Kier alpha value is -1.18. The van der Waals surface area contributed by atoms with Crippen LogP contribution in [-0.2, 0) is 0 Å². The predicted molar refractivity (Wildman–Crippen MR) is 74.8 cm³/mol. The molecule has 17 heavy (non-hydrogen) atoms. The standard InChI is InChI=1S/C9H7BrClN5S/c10-6-1-2-8(7(11)3-6)14-9(17)15-16-4-12-13-5-16/h1-5H,(H2,14,15,17). The molecule has 0 amide bonds. The second-order valence-electron chi connectivity index (χ2n) is 3.06. The molecule has 1 aromatic carbocycles. The number of thiocarbonyl (C=S) groups is 1. The van der Waals surface area contributed by atoms with E-state index in [1.165, 1.54) is 17.3 Å². The van der Waals surface area contributed by atoms with Crippen LogP contribution >= 0.6 is 39.7 Å². The molecule has 8 heteroatoms. The zero-order chi connectivity index (χ0) is 12.3. The van der Waals surface area contributed by atoms with Gasteiger partial charge >= 0.3 is 0 Å². The lowest BCUT2D eigenvalue weighted by Gasteiger charge is -2.11. The first-order valence-electron chi connectivity index (χ1n) is 4.53. The van der Waals surface area contributed by atoms with Crippen LogP contribution in [0.25, 0.3) is 0 Å². The number of halogens is 2. The van der Waals surface area contributed by atoms with Gasteiger partial charge in [0.05, 0.1) is 10.7 Å². The minimum absolute atomic E-state index is 0.397. The maximum absolute atomic E-state index is 6.04. The van der Waals surface area contributed by atoms with Crippen LogP contribution in [0.3, 0.4) is 0 Å². The molecule has 0 atom stereocenters. The average molecular weight is 333 g/mol. The van der Waals surface area contributed by atoms with Gasteiger partial charge in [0.15, 0.2) is 5.11 Å². The zero-order valence-corrected chi connectivity index (χ0v) is 11.6. The van der Waals surface area contributed by atoms with Gasteiger partial charge in [-0.15, -0.1) is 10.2 Å². The highest BCUT2D eigenvalue weighted by Gasteiger charge is 2.03. The smallest absolute Gasteiger partial charge is 0.190 e. The number of nitrogens with zero attached hydrogens (tertiary/aromatic N) is 3. The summed E-state index contributed by atoms with van der Waals surface area (Å²) >= 11 is 14.5. The Morgan fingerprint density at radius 2 is 2.06 bits per heavy atom. The highest BCUT2D eigenvalue weighted by Crippen LogP contribution is 2.25. The molecule has 2 N–H and O–H groups in total. The molecular formula is C9H7BrClN5S. The monoisotopic (exact) mass is 331 g/mol. The van der Waals surface area contributed by atoms with Crippen LogP contribution in [-0.4, -0.2) is 20.0 Å². The largest absolute Gasteiger partial charge is 0.330 e. The number of aromatic nitrogens is 3. The first-order valence-corrected chi connectivity index (χ1v) is 6.11. The summed E-state index contributed by atoms with van der Waals surface area (Å²) in [4.78, 5) is 0. The Bertz CT molecular complexity index is 530. The molecule has 1 heterocycles. The first kappa shape index (κ1) is 12.3. The SMILES string of the molecule is S=C(Nc1ccc(Br)cc1Cl)Nn1cnnc1. The van der Waals surface area contributed by atoms with Crippen LogP contribution < -0.4 is 10.7 Å². The van der Waals surface area contributed by atoms with E-state index in [9.17, 15) is 0 Å². The quantitative estimate of drug-likeness (QED) is 0.828. The van der Waals surface area contributed by atoms with E-state index in [-0.39, 0.29) is 0 Å². The molecule has 0 unspecified atom stereocenters. The molecule has 0 radical (unpaired) electrons. The fourth-order valence-electron chi connectivity index (χ4n) is 1.12. The van der Waals surface area contributed by atoms with Crippen molar-refractivity contribution in [2.45, 2.75) is 0 Å². The zero-order valence-electron chi connectivity index (χ0n) is 8.39. The lowest BCUT2D eigenvalue weighted by molar-refractivity contribution is 0.974. The van der Waals surface area contributed by atoms with Crippen LogP contribution in [0.1, 0.15) is 0 Å². The molecule has 0 bridgehead atoms. The van der Waals surface area contributed by atoms with Crippen molar-refractivity contribution in [3.05, 3.63) is 40.3 Å². The number of rotatable bonds is 2. The molecule has 88 valence electrons. The molecule has 0 aliphatic carbocycles. The number of hydrogen-bond donors (Lipinski definition) is 2. The molecule has 5 nitrogen and oxygen atoms in total. The van der Waals surface area contributed by atoms with Crippen molar-refractivity contribution in [3.63, 3.8) is 0 Å². The second-order valence-corrected chi connectivity index (χ2v) is 4.79. The van der Waals surface area contributed by atoms with Crippen LogP contribution in [0.5, 0.6) is 0 Å². The Morgan fingerprint density at radius 1 is 1.35 bits per heavy atom. The lowest BCUT2D eigenvalue weighted by atomic mass is 10.3. The van der Waals surface area contributed by atoms with Crippen LogP contribution in [0, 0.1) is 0 Å². The van der Waals surface area contributed by atoms with Crippen molar-refractivity contribution < 1.29 is 0 Å². The fourth-order valence-corrected chi connectivity index (χ4v) is 2.05. The molecule has 0 saturated heterocycles. The van der Waals surface area contributed by atoms with Gasteiger partial charge in [0.1, 0.15) is 12.7 Å². The lowest BCUT2D eigenvalue weighted by Crippen LogP contribution is -2.26. The van der Waals surface area contributed by atoms with E-state index in [2.05, 4.69) is 36.9 Å². The Kier molecular flexibility index (Phi) is 3.93. The van der Waals surface area contributed by atoms with Gasteiger partial charge in [-0.25, -0.2) is 4.68 Å². The number of anilines is 1. The molecule has 0 aliphatic rings. The van der Waals surface area contributed by atoms with Gasteiger partial charge in [-0.1, -0.05) is 27.5 Å². The normalized spacial score (nSPS) is 10.0. The fraction of sp³-hybridized carbons (Fsp3) is 0. The minimum Gasteiger partial charge on any atom is -0.330 e. The van der Waals surface area contributed by atoms with E-state index in [0.717, 1.165) is 10.2 Å². The summed E-state index contributed by atoms with van der Waals surface area (Å²) < 4.78 is 2.44. The number of benzene rings is 1. The highest BCUT2D eigenvalue weighted by molar-refractivity contribution is 9.10. The van der Waals surface area contributed by atoms with E-state index in [1.54, 1.807) is 6.07 Å². The van der Waals surface area contributed by atoms with E-state index < -0.39 is 0 Å². The summed E-state index contributed by atoms with van der Waals surface area (Å²) in [5.74, 6) is 0. The van der Waals surface area contributed by atoms with Crippen molar-refractivity contribution in [1.82, 2.24) is 14.9 Å².